The van der Waals surface area contributed by atoms with Crippen LogP contribution in [0.15, 0.2) is 48.5 Å². The second-order valence-electron chi connectivity index (χ2n) is 7.44. The van der Waals surface area contributed by atoms with Gasteiger partial charge in [0.05, 0.1) is 21.1 Å². The lowest BCUT2D eigenvalue weighted by molar-refractivity contribution is -0.176. The number of rotatable bonds is 4. The van der Waals surface area contributed by atoms with Crippen molar-refractivity contribution in [1.29, 1.82) is 0 Å². The van der Waals surface area contributed by atoms with E-state index >= 15 is 0 Å². The van der Waals surface area contributed by atoms with Gasteiger partial charge < -0.3 is 9.47 Å². The second-order valence-corrected chi connectivity index (χ2v) is 7.44. The summed E-state index contributed by atoms with van der Waals surface area (Å²) in [4.78, 5) is 0. The molecule has 7 heteroatoms. The average molecular weight is 426 g/mol. The van der Waals surface area contributed by atoms with Crippen molar-refractivity contribution in [2.75, 3.05) is 13.2 Å². The Labute approximate surface area is 179 Å². The molecule has 0 atom stereocenters. The quantitative estimate of drug-likeness (QED) is 0.393. The Balaban J connectivity index is 1.63. The molecule has 1 saturated heterocycles. The SMILES string of the molecule is [B]Cc1ccc(-c2ccc(-c3ccc(C4COC(C)OC4)c(F)c3F)cc2)c(F)c1F. The lowest BCUT2D eigenvalue weighted by Gasteiger charge is -2.28. The Morgan fingerprint density at radius 3 is 1.81 bits per heavy atom. The van der Waals surface area contributed by atoms with Gasteiger partial charge in [0.1, 0.15) is 0 Å². The number of benzene rings is 3. The standard InChI is InChI=1S/C24H19BF4O2/c1-13-30-11-17(12-31-13)20-9-8-19(23(28)24(20)29)15-4-2-14(3-5-15)18-7-6-16(10-25)21(26)22(18)27/h2-9,13,17H,10-12H2,1H3. The highest BCUT2D eigenvalue weighted by molar-refractivity contribution is 6.08. The smallest absolute Gasteiger partial charge is 0.166 e. The minimum atomic E-state index is -0.997. The summed E-state index contributed by atoms with van der Waals surface area (Å²) in [7, 11) is 5.40. The second kappa shape index (κ2) is 8.85. The monoisotopic (exact) mass is 426 g/mol. The molecule has 1 heterocycles. The van der Waals surface area contributed by atoms with E-state index in [1.165, 1.54) is 48.5 Å². The maximum absolute atomic E-state index is 14.8. The minimum absolute atomic E-state index is 0.0646. The molecule has 0 unspecified atom stereocenters. The van der Waals surface area contributed by atoms with Crippen LogP contribution < -0.4 is 0 Å². The molecule has 0 amide bonds. The minimum Gasteiger partial charge on any atom is -0.352 e. The van der Waals surface area contributed by atoms with Crippen molar-refractivity contribution >= 4 is 7.85 Å². The van der Waals surface area contributed by atoms with Crippen LogP contribution in [0.4, 0.5) is 17.6 Å². The molecule has 3 aromatic carbocycles. The van der Waals surface area contributed by atoms with Gasteiger partial charge in [-0.05, 0) is 29.2 Å². The number of hydrogen-bond donors (Lipinski definition) is 0. The number of ether oxygens (including phenoxy) is 2. The van der Waals surface area contributed by atoms with Crippen LogP contribution in [-0.2, 0) is 15.8 Å². The van der Waals surface area contributed by atoms with E-state index in [9.17, 15) is 17.6 Å². The highest BCUT2D eigenvalue weighted by Crippen LogP contribution is 2.33. The summed E-state index contributed by atoms with van der Waals surface area (Å²) >= 11 is 0. The van der Waals surface area contributed by atoms with Gasteiger partial charge in [-0.2, -0.15) is 0 Å². The summed E-state index contributed by atoms with van der Waals surface area (Å²) in [5.41, 5.74) is 1.24. The normalized spacial score (nSPS) is 18.9. The fourth-order valence-corrected chi connectivity index (χ4v) is 3.68. The molecule has 0 aliphatic carbocycles. The van der Waals surface area contributed by atoms with Gasteiger partial charge in [0.25, 0.3) is 0 Å². The van der Waals surface area contributed by atoms with Crippen molar-refractivity contribution in [2.45, 2.75) is 25.5 Å². The fraction of sp³-hybridized carbons (Fsp3) is 0.250. The van der Waals surface area contributed by atoms with E-state index in [0.29, 0.717) is 11.1 Å². The van der Waals surface area contributed by atoms with E-state index < -0.39 is 29.2 Å². The largest absolute Gasteiger partial charge is 0.352 e. The molecule has 0 saturated carbocycles. The molecule has 1 aliphatic heterocycles. The number of halogens is 4. The summed E-state index contributed by atoms with van der Waals surface area (Å²) in [5.74, 6) is -4.30. The Bertz CT molecular complexity index is 1090. The zero-order valence-electron chi connectivity index (χ0n) is 16.8. The van der Waals surface area contributed by atoms with Crippen LogP contribution in [-0.4, -0.2) is 27.4 Å². The first-order chi connectivity index (χ1) is 14.9. The van der Waals surface area contributed by atoms with Gasteiger partial charge in [-0.15, -0.1) is 0 Å². The summed E-state index contributed by atoms with van der Waals surface area (Å²) in [5, 5.41) is 0. The summed E-state index contributed by atoms with van der Waals surface area (Å²) in [6.45, 7) is 2.24. The predicted octanol–water partition coefficient (Wildman–Crippen LogP) is 5.72. The highest BCUT2D eigenvalue weighted by Gasteiger charge is 2.26. The topological polar surface area (TPSA) is 18.5 Å². The molecule has 0 aromatic heterocycles. The summed E-state index contributed by atoms with van der Waals surface area (Å²) in [6, 6.07) is 12.0. The lowest BCUT2D eigenvalue weighted by Crippen LogP contribution is -2.29. The van der Waals surface area contributed by atoms with Gasteiger partial charge in [0.15, 0.2) is 29.6 Å². The third-order valence-corrected chi connectivity index (χ3v) is 5.51. The summed E-state index contributed by atoms with van der Waals surface area (Å²) in [6.07, 6.45) is -0.479. The van der Waals surface area contributed by atoms with Crippen molar-refractivity contribution in [3.8, 4) is 22.3 Å². The van der Waals surface area contributed by atoms with Gasteiger partial charge in [-0.3, -0.25) is 0 Å². The van der Waals surface area contributed by atoms with E-state index in [-0.39, 0.29) is 48.1 Å². The maximum atomic E-state index is 14.8. The van der Waals surface area contributed by atoms with Gasteiger partial charge in [0.2, 0.25) is 0 Å². The van der Waals surface area contributed by atoms with Crippen LogP contribution in [0.25, 0.3) is 22.3 Å². The van der Waals surface area contributed by atoms with E-state index in [2.05, 4.69) is 0 Å². The molecule has 3 aromatic rings. The first kappa shape index (κ1) is 21.6. The fourth-order valence-electron chi connectivity index (χ4n) is 3.68. The molecule has 2 nitrogen and oxygen atoms in total. The van der Waals surface area contributed by atoms with Crippen LogP contribution in [0.3, 0.4) is 0 Å². The van der Waals surface area contributed by atoms with Gasteiger partial charge in [0, 0.05) is 17.0 Å². The molecule has 0 spiro atoms. The molecule has 2 radical (unpaired) electrons. The van der Waals surface area contributed by atoms with Crippen molar-refractivity contribution in [2.24, 2.45) is 0 Å². The molecule has 0 N–H and O–H groups in total. The molecule has 31 heavy (non-hydrogen) atoms. The van der Waals surface area contributed by atoms with Crippen LogP contribution in [0, 0.1) is 23.3 Å². The molecule has 1 aliphatic rings. The summed E-state index contributed by atoms with van der Waals surface area (Å²) < 4.78 is 68.7. The van der Waals surface area contributed by atoms with E-state index in [0.717, 1.165) is 0 Å². The molecular formula is C24H19BF4O2. The third-order valence-electron chi connectivity index (χ3n) is 5.51. The lowest BCUT2D eigenvalue weighted by atomic mass is 9.92. The number of hydrogen-bond acceptors (Lipinski definition) is 2. The zero-order chi connectivity index (χ0) is 22.1. The first-order valence-electron chi connectivity index (χ1n) is 9.89. The average Bonchev–Trinajstić information content (AvgIpc) is 2.78. The zero-order valence-corrected chi connectivity index (χ0v) is 16.8. The Morgan fingerprint density at radius 1 is 0.742 bits per heavy atom. The van der Waals surface area contributed by atoms with E-state index in [4.69, 9.17) is 17.3 Å². The molecule has 158 valence electrons. The van der Waals surface area contributed by atoms with E-state index in [1.807, 2.05) is 0 Å². The van der Waals surface area contributed by atoms with E-state index in [1.54, 1.807) is 6.92 Å². The Morgan fingerprint density at radius 2 is 1.26 bits per heavy atom. The first-order valence-corrected chi connectivity index (χ1v) is 9.89. The van der Waals surface area contributed by atoms with Gasteiger partial charge >= 0.3 is 0 Å². The van der Waals surface area contributed by atoms with Gasteiger partial charge in [-0.1, -0.05) is 54.9 Å². The third kappa shape index (κ3) is 4.12. The van der Waals surface area contributed by atoms with Crippen molar-refractivity contribution < 1.29 is 27.0 Å². The molecular weight excluding hydrogens is 407 g/mol. The van der Waals surface area contributed by atoms with Gasteiger partial charge in [-0.25, -0.2) is 17.6 Å². The van der Waals surface area contributed by atoms with Crippen LogP contribution >= 0.6 is 0 Å². The van der Waals surface area contributed by atoms with Crippen LogP contribution in [0.5, 0.6) is 0 Å². The molecule has 1 fully saturated rings. The van der Waals surface area contributed by atoms with Crippen molar-refractivity contribution in [3.05, 3.63) is 82.9 Å². The molecule has 4 rings (SSSR count). The highest BCUT2D eigenvalue weighted by atomic mass is 19.2. The predicted molar refractivity (Wildman–Crippen MR) is 111 cm³/mol. The van der Waals surface area contributed by atoms with Crippen LogP contribution in [0.1, 0.15) is 24.0 Å². The Kier molecular flexibility index (Phi) is 6.16. The molecule has 0 bridgehead atoms. The van der Waals surface area contributed by atoms with Crippen LogP contribution in [0.2, 0.25) is 0 Å². The van der Waals surface area contributed by atoms with Crippen molar-refractivity contribution in [3.63, 3.8) is 0 Å². The Hall–Kier alpha value is -2.64. The maximum Gasteiger partial charge on any atom is 0.166 e. The van der Waals surface area contributed by atoms with Crippen molar-refractivity contribution in [1.82, 2.24) is 0 Å².